The second kappa shape index (κ2) is 9.55. The average molecular weight is 561 g/mol. The van der Waals surface area contributed by atoms with Gasteiger partial charge in [-0.2, -0.15) is 5.10 Å². The van der Waals surface area contributed by atoms with Gasteiger partial charge in [-0.1, -0.05) is 30.2 Å². The molecule has 0 saturated heterocycles. The number of alkyl halides is 2. The van der Waals surface area contributed by atoms with Gasteiger partial charge >= 0.3 is 0 Å². The summed E-state index contributed by atoms with van der Waals surface area (Å²) in [6.07, 6.45) is 12.2. The van der Waals surface area contributed by atoms with Crippen LogP contribution in [0, 0.1) is 17.8 Å². The van der Waals surface area contributed by atoms with E-state index >= 15 is 0 Å². The first-order valence-electron chi connectivity index (χ1n) is 12.9. The quantitative estimate of drug-likeness (QED) is 0.212. The molecule has 7 nitrogen and oxygen atoms in total. The van der Waals surface area contributed by atoms with E-state index in [1.165, 1.54) is 6.33 Å². The van der Waals surface area contributed by atoms with Crippen molar-refractivity contribution in [2.24, 2.45) is 5.41 Å². The fourth-order valence-electron chi connectivity index (χ4n) is 5.27. The van der Waals surface area contributed by atoms with Gasteiger partial charge in [0.15, 0.2) is 11.5 Å². The first-order chi connectivity index (χ1) is 18.7. The number of carbonyl (C=O) groups is 2. The first kappa shape index (κ1) is 25.7. The van der Waals surface area contributed by atoms with E-state index in [9.17, 15) is 9.59 Å². The van der Waals surface area contributed by atoms with Crippen LogP contribution < -0.4 is 5.32 Å². The summed E-state index contributed by atoms with van der Waals surface area (Å²) < 4.78 is 6.76. The van der Waals surface area contributed by atoms with E-state index in [-0.39, 0.29) is 18.0 Å². The van der Waals surface area contributed by atoms with E-state index in [1.807, 2.05) is 42.5 Å². The Morgan fingerprint density at radius 3 is 2.36 bits per heavy atom. The number of hydrogen-bond donors (Lipinski definition) is 1. The van der Waals surface area contributed by atoms with Crippen molar-refractivity contribution in [2.45, 2.75) is 54.8 Å². The third-order valence-electron chi connectivity index (χ3n) is 8.01. The molecular formula is C30H26Cl2N4O3. The monoisotopic (exact) mass is 560 g/mol. The third kappa shape index (κ3) is 5.07. The number of nitrogens with one attached hydrogen (secondary N) is 1. The molecule has 2 aromatic carbocycles. The molecule has 9 heteroatoms. The zero-order valence-corrected chi connectivity index (χ0v) is 22.6. The van der Waals surface area contributed by atoms with Crippen molar-refractivity contribution in [1.29, 1.82) is 0 Å². The Bertz CT molecular complexity index is 1590. The predicted octanol–water partition coefficient (Wildman–Crippen LogP) is 6.27. The van der Waals surface area contributed by atoms with Crippen LogP contribution in [0.1, 0.15) is 55.5 Å². The van der Waals surface area contributed by atoms with Crippen LogP contribution in [0.15, 0.2) is 65.6 Å². The highest BCUT2D eigenvalue weighted by molar-refractivity contribution is 6.48. The molecule has 0 unspecified atom stereocenters. The summed E-state index contributed by atoms with van der Waals surface area (Å²) >= 11 is 12.7. The molecule has 4 aromatic rings. The summed E-state index contributed by atoms with van der Waals surface area (Å²) in [4.78, 5) is 31.0. The summed E-state index contributed by atoms with van der Waals surface area (Å²) in [5.41, 5.74) is 1.93. The minimum absolute atomic E-state index is 0.0668. The van der Waals surface area contributed by atoms with E-state index in [4.69, 9.17) is 34.0 Å². The van der Waals surface area contributed by atoms with Crippen molar-refractivity contribution in [1.82, 2.24) is 20.1 Å². The summed E-state index contributed by atoms with van der Waals surface area (Å²) in [5, 5.41) is 7.94. The molecule has 39 heavy (non-hydrogen) atoms. The molecule has 0 spiro atoms. The SMILES string of the molecule is C#CC1(CC(=O)C2(NC(=O)c3cc4ccc(-c5ccc(-n6cncn6)cc5)cc4o3)CCC(Cl)(Cl)CC2)CC1. The second-order valence-corrected chi connectivity index (χ2v) is 12.3. The van der Waals surface area contributed by atoms with Crippen molar-refractivity contribution < 1.29 is 14.0 Å². The summed E-state index contributed by atoms with van der Waals surface area (Å²) in [5.74, 6) is 2.41. The van der Waals surface area contributed by atoms with Gasteiger partial charge in [-0.3, -0.25) is 9.59 Å². The van der Waals surface area contributed by atoms with Gasteiger partial charge in [0.2, 0.25) is 0 Å². The van der Waals surface area contributed by atoms with Gasteiger partial charge in [0.25, 0.3) is 5.91 Å². The normalized spacial score (nSPS) is 18.8. The van der Waals surface area contributed by atoms with Gasteiger partial charge < -0.3 is 9.73 Å². The van der Waals surface area contributed by atoms with Crippen LogP contribution in [-0.4, -0.2) is 36.3 Å². The van der Waals surface area contributed by atoms with Crippen molar-refractivity contribution in [3.05, 3.63) is 66.9 Å². The number of terminal acetylenes is 1. The van der Waals surface area contributed by atoms with E-state index in [1.54, 1.807) is 17.1 Å². The van der Waals surface area contributed by atoms with Gasteiger partial charge in [-0.05, 0) is 73.9 Å². The van der Waals surface area contributed by atoms with Crippen LogP contribution in [0.3, 0.4) is 0 Å². The molecule has 2 aliphatic rings. The highest BCUT2D eigenvalue weighted by Gasteiger charge is 2.51. The lowest BCUT2D eigenvalue weighted by Gasteiger charge is -2.41. The minimum atomic E-state index is -1.08. The number of benzene rings is 2. The Morgan fingerprint density at radius 2 is 1.72 bits per heavy atom. The van der Waals surface area contributed by atoms with Crippen LogP contribution in [0.2, 0.25) is 0 Å². The van der Waals surface area contributed by atoms with Crippen LogP contribution in [-0.2, 0) is 4.79 Å². The molecule has 2 fully saturated rings. The number of carbonyl (C=O) groups excluding carboxylic acids is 2. The summed E-state index contributed by atoms with van der Waals surface area (Å²) in [7, 11) is 0. The van der Waals surface area contributed by atoms with Gasteiger partial charge in [0.05, 0.1) is 11.2 Å². The zero-order chi connectivity index (χ0) is 27.3. The average Bonchev–Trinajstić information content (AvgIpc) is 3.30. The molecule has 2 aromatic heterocycles. The standard InChI is InChI=1S/C30H26Cl2N4O3/c1-2-28(9-10-28)17-26(37)29(11-13-30(31,32)14-12-29)35-27(38)25-16-22-4-3-21(15-24(22)39-25)20-5-7-23(8-6-20)36-19-33-18-34-36/h1,3-8,15-16,18-19H,9-14,17H2,(H,35,38). The molecule has 1 N–H and O–H groups in total. The Kier molecular flexibility index (Phi) is 6.28. The van der Waals surface area contributed by atoms with E-state index < -0.39 is 21.2 Å². The van der Waals surface area contributed by atoms with E-state index in [0.717, 1.165) is 35.0 Å². The molecule has 0 atom stereocenters. The molecule has 2 aliphatic carbocycles. The Morgan fingerprint density at radius 1 is 1.00 bits per heavy atom. The number of aromatic nitrogens is 3. The highest BCUT2D eigenvalue weighted by Crippen LogP contribution is 2.51. The molecular weight excluding hydrogens is 535 g/mol. The predicted molar refractivity (Wildman–Crippen MR) is 150 cm³/mol. The van der Waals surface area contributed by atoms with E-state index in [0.29, 0.717) is 31.3 Å². The van der Waals surface area contributed by atoms with Crippen molar-refractivity contribution in [3.8, 4) is 29.2 Å². The van der Waals surface area contributed by atoms with Gasteiger partial charge in [-0.25, -0.2) is 9.67 Å². The fourth-order valence-corrected chi connectivity index (χ4v) is 5.64. The molecule has 198 valence electrons. The number of hydrogen-bond acceptors (Lipinski definition) is 5. The van der Waals surface area contributed by atoms with E-state index in [2.05, 4.69) is 21.3 Å². The van der Waals surface area contributed by atoms with Crippen LogP contribution in [0.25, 0.3) is 27.8 Å². The third-order valence-corrected chi connectivity index (χ3v) is 8.76. The number of halogens is 2. The number of fused-ring (bicyclic) bond motifs is 1. The van der Waals surface area contributed by atoms with Crippen molar-refractivity contribution in [3.63, 3.8) is 0 Å². The number of Topliss-reactive ketones (excluding diaryl/α,β-unsaturated/α-hetero) is 1. The maximum absolute atomic E-state index is 13.5. The Balaban J connectivity index is 1.23. The number of ketones is 1. The molecule has 0 aliphatic heterocycles. The molecule has 1 amide bonds. The number of furan rings is 1. The van der Waals surface area contributed by atoms with Gasteiger partial charge in [0, 0.05) is 17.2 Å². The topological polar surface area (TPSA) is 90.0 Å². The molecule has 0 radical (unpaired) electrons. The maximum Gasteiger partial charge on any atom is 0.287 e. The smallest absolute Gasteiger partial charge is 0.287 e. The molecule has 6 rings (SSSR count). The minimum Gasteiger partial charge on any atom is -0.451 e. The molecule has 0 bridgehead atoms. The van der Waals surface area contributed by atoms with Crippen LogP contribution in [0.4, 0.5) is 0 Å². The largest absolute Gasteiger partial charge is 0.451 e. The van der Waals surface area contributed by atoms with Crippen LogP contribution >= 0.6 is 23.2 Å². The Hall–Kier alpha value is -3.60. The van der Waals surface area contributed by atoms with Crippen molar-refractivity contribution >= 4 is 45.9 Å². The highest BCUT2D eigenvalue weighted by atomic mass is 35.5. The summed E-state index contributed by atoms with van der Waals surface area (Å²) in [6.45, 7) is 0. The lowest BCUT2D eigenvalue weighted by Crippen LogP contribution is -2.57. The number of nitrogens with zero attached hydrogens (tertiary/aromatic N) is 3. The fraction of sp³-hybridized carbons (Fsp3) is 0.333. The maximum atomic E-state index is 13.5. The summed E-state index contributed by atoms with van der Waals surface area (Å²) in [6, 6.07) is 15.4. The lowest BCUT2D eigenvalue weighted by atomic mass is 9.75. The molecule has 2 heterocycles. The van der Waals surface area contributed by atoms with Crippen LogP contribution in [0.5, 0.6) is 0 Å². The Labute approximate surface area is 235 Å². The number of rotatable bonds is 7. The number of amides is 1. The lowest BCUT2D eigenvalue weighted by molar-refractivity contribution is -0.127. The van der Waals surface area contributed by atoms with Gasteiger partial charge in [-0.15, -0.1) is 29.6 Å². The first-order valence-corrected chi connectivity index (χ1v) is 13.7. The van der Waals surface area contributed by atoms with Crippen molar-refractivity contribution in [2.75, 3.05) is 0 Å². The van der Waals surface area contributed by atoms with Gasteiger partial charge in [0.1, 0.15) is 22.6 Å². The zero-order valence-electron chi connectivity index (χ0n) is 21.1. The molecule has 2 saturated carbocycles. The second-order valence-electron chi connectivity index (χ2n) is 10.7.